The van der Waals surface area contributed by atoms with Crippen molar-refractivity contribution in [3.8, 4) is 0 Å². The van der Waals surface area contributed by atoms with Crippen LogP contribution in [0, 0.1) is 11.8 Å². The summed E-state index contributed by atoms with van der Waals surface area (Å²) in [4.78, 5) is 96.7. The molecule has 0 aromatic heterocycles. The van der Waals surface area contributed by atoms with Crippen molar-refractivity contribution in [2.24, 2.45) is 11.8 Å². The Labute approximate surface area is 402 Å². The third-order valence-electron chi connectivity index (χ3n) is 11.5. The van der Waals surface area contributed by atoms with Crippen molar-refractivity contribution < 1.29 is 44.4 Å². The highest BCUT2D eigenvalue weighted by atomic mass is 16.4. The van der Waals surface area contributed by atoms with Gasteiger partial charge in [0.25, 0.3) is 0 Å². The van der Waals surface area contributed by atoms with Crippen molar-refractivity contribution in [1.29, 1.82) is 0 Å². The van der Waals surface area contributed by atoms with E-state index in [1.54, 1.807) is 68.4 Å². The van der Waals surface area contributed by atoms with Crippen LogP contribution >= 0.6 is 0 Å². The molecule has 1 fully saturated rings. The van der Waals surface area contributed by atoms with Gasteiger partial charge in [-0.1, -0.05) is 88.4 Å². The van der Waals surface area contributed by atoms with Crippen LogP contribution in [0.15, 0.2) is 60.7 Å². The summed E-state index contributed by atoms with van der Waals surface area (Å²) >= 11 is 0. The molecule has 5 atom stereocenters. The molecule has 13 N–H and O–H groups in total. The van der Waals surface area contributed by atoms with Crippen LogP contribution < -0.4 is 53.6 Å². The highest BCUT2D eigenvalue weighted by Crippen LogP contribution is 2.12. The zero-order valence-corrected chi connectivity index (χ0v) is 40.7. The molecule has 3 rings (SSSR count). The molecule has 0 unspecified atom stereocenters. The van der Waals surface area contributed by atoms with Gasteiger partial charge in [-0.15, -0.1) is 0 Å². The molecule has 2 aromatic carbocycles. The normalized spacial score (nSPS) is 16.5. The number of hydrogen-bond acceptors (Lipinski definition) is 11. The third-order valence-corrected chi connectivity index (χ3v) is 11.5. The Bertz CT molecular complexity index is 1820. The van der Waals surface area contributed by atoms with E-state index in [0.29, 0.717) is 43.6 Å². The fraction of sp³-hybridized carbons (Fsp3) is 0.612. The summed E-state index contributed by atoms with van der Waals surface area (Å²) in [5, 5.41) is 36.7. The van der Waals surface area contributed by atoms with E-state index in [0.717, 1.165) is 52.1 Å². The van der Waals surface area contributed by atoms with E-state index in [1.165, 1.54) is 0 Å². The smallest absolute Gasteiger partial charge is 0.326 e. The quantitative estimate of drug-likeness (QED) is 0.0540. The zero-order valence-electron chi connectivity index (χ0n) is 40.7. The number of carbonyl (C=O) groups excluding carboxylic acids is 6. The largest absolute Gasteiger partial charge is 0.480 e. The maximum atomic E-state index is 14.1. The number of quaternary nitrogens is 1. The number of benzene rings is 2. The van der Waals surface area contributed by atoms with Gasteiger partial charge >= 0.3 is 5.97 Å². The fourth-order valence-electron chi connectivity index (χ4n) is 7.71. The van der Waals surface area contributed by atoms with Crippen molar-refractivity contribution in [1.82, 2.24) is 52.8 Å². The van der Waals surface area contributed by atoms with Crippen molar-refractivity contribution >= 4 is 41.4 Å². The van der Waals surface area contributed by atoms with Gasteiger partial charge in [-0.25, -0.2) is 4.79 Å². The first-order valence-corrected chi connectivity index (χ1v) is 24.4. The van der Waals surface area contributed by atoms with Crippen molar-refractivity contribution in [2.45, 2.75) is 109 Å². The number of hydrogen-bond donors (Lipinski definition) is 11. The van der Waals surface area contributed by atoms with Gasteiger partial charge in [0.2, 0.25) is 35.4 Å². The Morgan fingerprint density at radius 3 is 1.74 bits per heavy atom. The summed E-state index contributed by atoms with van der Waals surface area (Å²) in [5.74, 6) is -5.26. The van der Waals surface area contributed by atoms with Crippen molar-refractivity contribution in [2.75, 3.05) is 72.0 Å². The average molecular weight is 951 g/mol. The van der Waals surface area contributed by atoms with Gasteiger partial charge in [0.05, 0.1) is 19.6 Å². The monoisotopic (exact) mass is 951 g/mol. The number of unbranched alkanes of at least 4 members (excludes halogenated alkanes) is 1. The number of rotatable bonds is 25. The van der Waals surface area contributed by atoms with Gasteiger partial charge in [0.15, 0.2) is 0 Å². The lowest BCUT2D eigenvalue weighted by molar-refractivity contribution is -0.368. The Kier molecular flexibility index (Phi) is 27.0. The van der Waals surface area contributed by atoms with Crippen LogP contribution in [0.25, 0.3) is 0 Å². The summed E-state index contributed by atoms with van der Waals surface area (Å²) < 4.78 is 0. The molecular formula is C49H80N11O8+. The lowest BCUT2D eigenvalue weighted by atomic mass is 9.98. The minimum Gasteiger partial charge on any atom is -0.480 e. The molecule has 19 heteroatoms. The standard InChI is InChI=1S/C49H79N11O8/c1-34(2)29-39(56-45(63)38(19-11-12-20-50)55-42(61)32-54-43(62)33-60-27-14-23-52-25-24-51-21-13-22-53-26-28-60)47(65)59-44(35(3)4)48(66)57-40(30-36-15-7-5-8-16-36)46(64)58-41(49(67)68)31-37-17-9-6-10-18-37/h5-10,15-18,34-35,38-41,44,51-53H,11-14,19-33,50H2,1-4H3,(H,54,62)(H,55,61)(H,56,63)(H,57,66)(H,58,64)(H,59,65)(H,67,68)/p+1/t38-,39-,40-,41-,44-/m0/s1. The summed E-state index contributed by atoms with van der Waals surface area (Å²) in [6.45, 7) is 14.1. The highest BCUT2D eigenvalue weighted by molar-refractivity contribution is 5.96. The molecule has 0 aliphatic carbocycles. The molecule has 2 aromatic rings. The van der Waals surface area contributed by atoms with Gasteiger partial charge in [0.1, 0.15) is 30.2 Å². The Balaban J connectivity index is 1.69. The second-order valence-corrected chi connectivity index (χ2v) is 18.2. The number of nitrogens with zero attached hydrogens (tertiary/aromatic N) is 1. The third kappa shape index (κ3) is 23.0. The number of amides is 6. The first kappa shape index (κ1) is 56.9. The molecule has 0 radical (unpaired) electrons. The predicted octanol–water partition coefficient (Wildman–Crippen LogP) is -0.925. The molecule has 1 saturated heterocycles. The number of nitrogens with one attached hydrogen (secondary N) is 9. The first-order valence-electron chi connectivity index (χ1n) is 24.4. The number of carbonyl (C=O) groups is 7. The summed E-state index contributed by atoms with van der Waals surface area (Å²) in [7, 11) is 0. The maximum absolute atomic E-state index is 14.1. The second kappa shape index (κ2) is 32.3. The van der Waals surface area contributed by atoms with E-state index in [9.17, 15) is 38.7 Å². The average Bonchev–Trinajstić information content (AvgIpc) is 3.30. The highest BCUT2D eigenvalue weighted by Gasteiger charge is 2.34. The molecule has 68 heavy (non-hydrogen) atoms. The van der Waals surface area contributed by atoms with Crippen LogP contribution in [0.1, 0.15) is 77.3 Å². The lowest BCUT2D eigenvalue weighted by Gasteiger charge is -2.29. The maximum Gasteiger partial charge on any atom is 0.326 e. The SMILES string of the molecule is CC(C)C[C@H](NC(=O)[C@H](CCCC[NH3+])NC(=O)CNC(=O)CN1CCCNCCNCCCNCC1)C(=O)N[C@H](C(=O)N[C@@H](Cc1ccccc1)C(=O)N[C@@H](Cc1ccccc1)C(=O)O)C(C)C. The minimum absolute atomic E-state index is 0.0205. The van der Waals surface area contributed by atoms with Crippen LogP contribution in [0.2, 0.25) is 0 Å². The molecule has 6 amide bonds. The van der Waals surface area contributed by atoms with E-state index in [4.69, 9.17) is 0 Å². The van der Waals surface area contributed by atoms with Gasteiger partial charge in [-0.05, 0) is 87.7 Å². The molecule has 0 saturated carbocycles. The summed E-state index contributed by atoms with van der Waals surface area (Å²) in [6, 6.07) is 12.1. The molecule has 378 valence electrons. The minimum atomic E-state index is -1.28. The molecule has 0 bridgehead atoms. The summed E-state index contributed by atoms with van der Waals surface area (Å²) in [6.07, 6.45) is 3.65. The summed E-state index contributed by atoms with van der Waals surface area (Å²) in [5.41, 5.74) is 5.30. The van der Waals surface area contributed by atoms with Crippen molar-refractivity contribution in [3.63, 3.8) is 0 Å². The number of carboxylic acids is 1. The molecule has 0 spiro atoms. The Hall–Kier alpha value is -5.47. The van der Waals surface area contributed by atoms with Gasteiger partial charge in [0, 0.05) is 39.0 Å². The van der Waals surface area contributed by atoms with Crippen LogP contribution in [0.5, 0.6) is 0 Å². The van der Waals surface area contributed by atoms with Gasteiger partial charge in [-0.3, -0.25) is 33.7 Å². The molecule has 1 aliphatic heterocycles. The molecular weight excluding hydrogens is 871 g/mol. The molecule has 1 aliphatic rings. The van der Waals surface area contributed by atoms with E-state index < -0.39 is 71.6 Å². The Morgan fingerprint density at radius 1 is 0.603 bits per heavy atom. The van der Waals surface area contributed by atoms with Crippen LogP contribution in [-0.2, 0) is 46.4 Å². The topological polar surface area (TPSA) is 279 Å². The van der Waals surface area contributed by atoms with E-state index in [2.05, 4.69) is 58.5 Å². The molecule has 19 nitrogen and oxygen atoms in total. The number of aliphatic carboxylic acids is 1. The Morgan fingerprint density at radius 2 is 1.15 bits per heavy atom. The van der Waals surface area contributed by atoms with Crippen molar-refractivity contribution in [3.05, 3.63) is 71.8 Å². The van der Waals surface area contributed by atoms with Gasteiger partial charge < -0.3 is 58.7 Å². The van der Waals surface area contributed by atoms with E-state index in [1.807, 2.05) is 19.9 Å². The van der Waals surface area contributed by atoms with E-state index >= 15 is 0 Å². The number of carboxylic acid groups (broad SMARTS) is 1. The predicted molar refractivity (Wildman–Crippen MR) is 261 cm³/mol. The second-order valence-electron chi connectivity index (χ2n) is 18.2. The van der Waals surface area contributed by atoms with Crippen LogP contribution in [0.4, 0.5) is 0 Å². The van der Waals surface area contributed by atoms with Crippen LogP contribution in [0.3, 0.4) is 0 Å². The molecule has 1 heterocycles. The van der Waals surface area contributed by atoms with Gasteiger partial charge in [-0.2, -0.15) is 0 Å². The first-order chi connectivity index (χ1) is 32.7. The van der Waals surface area contributed by atoms with E-state index in [-0.39, 0.29) is 50.6 Å². The fourth-order valence-corrected chi connectivity index (χ4v) is 7.71. The zero-order chi connectivity index (χ0) is 49.7. The lowest BCUT2D eigenvalue weighted by Crippen LogP contribution is -2.60. The van der Waals surface area contributed by atoms with Crippen LogP contribution in [-0.4, -0.2) is 154 Å².